The van der Waals surface area contributed by atoms with Crippen molar-refractivity contribution in [2.45, 2.75) is 17.1 Å². The van der Waals surface area contributed by atoms with Gasteiger partial charge >= 0.3 is 0 Å². The Kier molecular flexibility index (Phi) is 4.52. The van der Waals surface area contributed by atoms with Gasteiger partial charge in [0.1, 0.15) is 5.75 Å². The van der Waals surface area contributed by atoms with E-state index in [1.165, 1.54) is 4.21 Å². The van der Waals surface area contributed by atoms with Crippen LogP contribution in [0.1, 0.15) is 28.1 Å². The second-order valence-electron chi connectivity index (χ2n) is 6.64. The predicted octanol–water partition coefficient (Wildman–Crippen LogP) is 3.47. The topological polar surface area (TPSA) is 49.8 Å². The minimum atomic E-state index is -0.401. The fourth-order valence-corrected chi connectivity index (χ4v) is 5.85. The molecular formula is C19H21NO3S2. The summed E-state index contributed by atoms with van der Waals surface area (Å²) in [5.41, 5.74) is 0.703. The van der Waals surface area contributed by atoms with Crippen molar-refractivity contribution in [2.75, 3.05) is 32.1 Å². The van der Waals surface area contributed by atoms with Crippen molar-refractivity contribution in [1.82, 2.24) is 4.90 Å². The minimum Gasteiger partial charge on any atom is -0.493 e. The number of hydrogen-bond acceptors (Lipinski definition) is 5. The smallest absolute Gasteiger partial charge is 0.264 e. The highest BCUT2D eigenvalue weighted by Gasteiger charge is 2.52. The van der Waals surface area contributed by atoms with Crippen LogP contribution in [0.5, 0.6) is 5.75 Å². The van der Waals surface area contributed by atoms with E-state index in [2.05, 4.69) is 13.0 Å². The number of ether oxygens (including phenoxy) is 1. The Morgan fingerprint density at radius 2 is 2.24 bits per heavy atom. The molecule has 25 heavy (non-hydrogen) atoms. The third-order valence-corrected chi connectivity index (χ3v) is 7.32. The Bertz CT molecular complexity index is 790. The first-order valence-corrected chi connectivity index (χ1v) is 10.3. The molecule has 0 radical (unpaired) electrons. The largest absolute Gasteiger partial charge is 0.493 e. The van der Waals surface area contributed by atoms with Gasteiger partial charge < -0.3 is 14.7 Å². The van der Waals surface area contributed by atoms with Crippen LogP contribution < -0.4 is 4.74 Å². The predicted molar refractivity (Wildman–Crippen MR) is 101 cm³/mol. The number of rotatable bonds is 4. The summed E-state index contributed by atoms with van der Waals surface area (Å²) in [5, 5.41) is 10.1. The number of amides is 1. The van der Waals surface area contributed by atoms with Crippen LogP contribution in [0.3, 0.4) is 0 Å². The normalized spacial score (nSPS) is 24.6. The summed E-state index contributed by atoms with van der Waals surface area (Å²) in [6.45, 7) is 3.76. The number of aliphatic hydroxyl groups excluding tert-OH is 1. The lowest BCUT2D eigenvalue weighted by molar-refractivity contribution is 0.0441. The number of aliphatic hydroxyl groups is 1. The van der Waals surface area contributed by atoms with Crippen molar-refractivity contribution < 1.29 is 14.6 Å². The lowest BCUT2D eigenvalue weighted by Crippen LogP contribution is -2.42. The van der Waals surface area contributed by atoms with Gasteiger partial charge in [0.15, 0.2) is 0 Å². The lowest BCUT2D eigenvalue weighted by Gasteiger charge is -2.37. The number of carbonyl (C=O) groups is 1. The molecule has 0 saturated carbocycles. The Balaban J connectivity index is 1.60. The molecule has 0 bridgehead atoms. The molecule has 1 N–H and O–H groups in total. The molecule has 0 aliphatic carbocycles. The molecule has 0 spiro atoms. The van der Waals surface area contributed by atoms with E-state index < -0.39 is 5.41 Å². The van der Waals surface area contributed by atoms with Crippen molar-refractivity contribution in [2.24, 2.45) is 5.41 Å². The first kappa shape index (κ1) is 16.9. The van der Waals surface area contributed by atoms with E-state index in [1.54, 1.807) is 23.1 Å². The molecule has 2 unspecified atom stereocenters. The summed E-state index contributed by atoms with van der Waals surface area (Å²) in [6.07, 6.45) is 0. The highest BCUT2D eigenvalue weighted by molar-refractivity contribution is 8.01. The van der Waals surface area contributed by atoms with Gasteiger partial charge in [0.2, 0.25) is 0 Å². The van der Waals surface area contributed by atoms with Crippen LogP contribution in [0.4, 0.5) is 0 Å². The molecule has 2 aliphatic rings. The molecule has 2 aromatic rings. The molecule has 2 aliphatic heterocycles. The average molecular weight is 376 g/mol. The fraction of sp³-hybridized carbons (Fsp3) is 0.421. The van der Waals surface area contributed by atoms with Crippen LogP contribution in [0.25, 0.3) is 0 Å². The zero-order valence-corrected chi connectivity index (χ0v) is 15.7. The van der Waals surface area contributed by atoms with E-state index in [0.29, 0.717) is 19.7 Å². The van der Waals surface area contributed by atoms with Gasteiger partial charge in [0.25, 0.3) is 5.91 Å². The zero-order chi connectivity index (χ0) is 17.4. The van der Waals surface area contributed by atoms with E-state index >= 15 is 0 Å². The highest BCUT2D eigenvalue weighted by Crippen LogP contribution is 2.49. The molecule has 6 heteroatoms. The maximum atomic E-state index is 13.0. The molecular weight excluding hydrogens is 354 g/mol. The van der Waals surface area contributed by atoms with Gasteiger partial charge in [-0.1, -0.05) is 25.1 Å². The molecule has 1 aromatic carbocycles. The van der Waals surface area contributed by atoms with Crippen molar-refractivity contribution in [1.29, 1.82) is 0 Å². The quantitative estimate of drug-likeness (QED) is 0.832. The standard InChI is InChI=1S/C19H21NO3S2/c1-2-24-17-8-7-16(25-17)18(22)20-9-14-13-5-3-4-6-15(13)23-12-19(14,10-20)11-21/h3-8,14,21H,2,9-12H2,1H3. The van der Waals surface area contributed by atoms with E-state index in [0.717, 1.165) is 21.9 Å². The second kappa shape index (κ2) is 6.67. The Morgan fingerprint density at radius 3 is 3.04 bits per heavy atom. The van der Waals surface area contributed by atoms with Gasteiger partial charge in [-0.2, -0.15) is 0 Å². The van der Waals surface area contributed by atoms with Crippen LogP contribution in [-0.4, -0.2) is 48.0 Å². The zero-order valence-electron chi connectivity index (χ0n) is 14.1. The number of thiophene rings is 1. The van der Waals surface area contributed by atoms with Crippen molar-refractivity contribution in [3.05, 3.63) is 46.8 Å². The summed E-state index contributed by atoms with van der Waals surface area (Å²) < 4.78 is 7.08. The van der Waals surface area contributed by atoms with Gasteiger partial charge in [-0.25, -0.2) is 0 Å². The van der Waals surface area contributed by atoms with Crippen LogP contribution >= 0.6 is 23.1 Å². The van der Waals surface area contributed by atoms with Crippen LogP contribution in [0.15, 0.2) is 40.6 Å². The maximum absolute atomic E-state index is 13.0. The number of benzene rings is 1. The average Bonchev–Trinajstić information content (AvgIpc) is 3.26. The van der Waals surface area contributed by atoms with Crippen LogP contribution in [-0.2, 0) is 0 Å². The van der Waals surface area contributed by atoms with Crippen molar-refractivity contribution in [3.63, 3.8) is 0 Å². The summed E-state index contributed by atoms with van der Waals surface area (Å²) >= 11 is 3.31. The number of hydrogen-bond donors (Lipinski definition) is 1. The number of para-hydroxylation sites is 1. The Hall–Kier alpha value is -1.50. The number of fused-ring (bicyclic) bond motifs is 3. The minimum absolute atomic E-state index is 0.0250. The first-order valence-electron chi connectivity index (χ1n) is 8.51. The molecule has 1 fully saturated rings. The molecule has 1 aromatic heterocycles. The van der Waals surface area contributed by atoms with E-state index in [-0.39, 0.29) is 18.4 Å². The van der Waals surface area contributed by atoms with Gasteiger partial charge in [-0.05, 0) is 29.5 Å². The maximum Gasteiger partial charge on any atom is 0.264 e. The number of thioether (sulfide) groups is 1. The molecule has 3 heterocycles. The Morgan fingerprint density at radius 1 is 1.40 bits per heavy atom. The van der Waals surface area contributed by atoms with Crippen molar-refractivity contribution >= 4 is 29.0 Å². The SMILES string of the molecule is CCSc1ccc(C(=O)N2CC3c4ccccc4OCC3(CO)C2)s1. The number of nitrogens with zero attached hydrogens (tertiary/aromatic N) is 1. The molecule has 2 atom stereocenters. The first-order chi connectivity index (χ1) is 12.2. The van der Waals surface area contributed by atoms with Crippen LogP contribution in [0, 0.1) is 5.41 Å². The summed E-state index contributed by atoms with van der Waals surface area (Å²) in [6, 6.07) is 11.9. The highest BCUT2D eigenvalue weighted by atomic mass is 32.2. The van der Waals surface area contributed by atoms with Gasteiger partial charge in [-0.3, -0.25) is 4.79 Å². The molecule has 1 amide bonds. The summed E-state index contributed by atoms with van der Waals surface area (Å²) in [7, 11) is 0. The van der Waals surface area contributed by atoms with E-state index in [9.17, 15) is 9.90 Å². The fourth-order valence-electron chi connectivity index (χ4n) is 3.84. The van der Waals surface area contributed by atoms with Gasteiger partial charge in [0, 0.05) is 19.0 Å². The molecule has 4 nitrogen and oxygen atoms in total. The van der Waals surface area contributed by atoms with Crippen molar-refractivity contribution in [3.8, 4) is 5.75 Å². The Labute approximate surface area is 155 Å². The number of carbonyl (C=O) groups excluding carboxylic acids is 1. The summed E-state index contributed by atoms with van der Waals surface area (Å²) in [4.78, 5) is 15.6. The van der Waals surface area contributed by atoms with E-state index in [4.69, 9.17) is 4.74 Å². The number of likely N-dealkylation sites (tertiary alicyclic amines) is 1. The molecule has 1 saturated heterocycles. The third kappa shape index (κ3) is 2.86. The third-order valence-electron chi connectivity index (χ3n) is 5.14. The second-order valence-corrected chi connectivity index (χ2v) is 9.28. The van der Waals surface area contributed by atoms with Gasteiger partial charge in [-0.15, -0.1) is 23.1 Å². The molecule has 132 valence electrons. The van der Waals surface area contributed by atoms with E-state index in [1.807, 2.05) is 35.2 Å². The monoisotopic (exact) mass is 375 g/mol. The summed E-state index contributed by atoms with van der Waals surface area (Å²) in [5.74, 6) is 2.06. The van der Waals surface area contributed by atoms with Gasteiger partial charge in [0.05, 0.1) is 27.7 Å². The molecule has 4 rings (SSSR count). The van der Waals surface area contributed by atoms with Crippen LogP contribution in [0.2, 0.25) is 0 Å². The lowest BCUT2D eigenvalue weighted by atomic mass is 9.74.